The van der Waals surface area contributed by atoms with Crippen molar-refractivity contribution in [2.45, 2.75) is 13.0 Å². The molecule has 110 valence electrons. The van der Waals surface area contributed by atoms with Crippen molar-refractivity contribution in [3.05, 3.63) is 29.6 Å². The summed E-state index contributed by atoms with van der Waals surface area (Å²) in [6.07, 6.45) is 0.350. The Hall–Kier alpha value is -1.99. The first kappa shape index (κ1) is 16.1. The maximum absolute atomic E-state index is 11.4. The van der Waals surface area contributed by atoms with Gasteiger partial charge in [-0.15, -0.1) is 0 Å². The molecular formula is C13H19N3O4. The molecule has 0 bridgehead atoms. The van der Waals surface area contributed by atoms with Crippen LogP contribution in [0.4, 0.5) is 0 Å². The molecule has 0 radical (unpaired) electrons. The SMILES string of the molecule is COCCNC(=O)CCNCc1cccc(C(=O)O)n1. The van der Waals surface area contributed by atoms with Crippen LogP contribution in [0.5, 0.6) is 0 Å². The number of pyridine rings is 1. The van der Waals surface area contributed by atoms with Gasteiger partial charge in [0.05, 0.1) is 12.3 Å². The van der Waals surface area contributed by atoms with E-state index < -0.39 is 5.97 Å². The Kier molecular flexibility index (Phi) is 7.23. The molecular weight excluding hydrogens is 262 g/mol. The number of hydrogen-bond acceptors (Lipinski definition) is 5. The van der Waals surface area contributed by atoms with Crippen molar-refractivity contribution in [2.24, 2.45) is 0 Å². The van der Waals surface area contributed by atoms with Crippen LogP contribution >= 0.6 is 0 Å². The number of amides is 1. The minimum atomic E-state index is -1.05. The molecule has 0 aromatic carbocycles. The van der Waals surface area contributed by atoms with Crippen molar-refractivity contribution >= 4 is 11.9 Å². The smallest absolute Gasteiger partial charge is 0.354 e. The Balaban J connectivity index is 2.22. The third kappa shape index (κ3) is 6.26. The van der Waals surface area contributed by atoms with Gasteiger partial charge >= 0.3 is 5.97 Å². The summed E-state index contributed by atoms with van der Waals surface area (Å²) in [7, 11) is 1.58. The van der Waals surface area contributed by atoms with Crippen molar-refractivity contribution in [1.82, 2.24) is 15.6 Å². The molecule has 0 saturated heterocycles. The average Bonchev–Trinajstić information content (AvgIpc) is 2.44. The third-order valence-electron chi connectivity index (χ3n) is 2.49. The van der Waals surface area contributed by atoms with Gasteiger partial charge in [0.2, 0.25) is 5.91 Å². The number of nitrogens with zero attached hydrogens (tertiary/aromatic N) is 1. The van der Waals surface area contributed by atoms with Crippen LogP contribution in [-0.4, -0.2) is 48.8 Å². The van der Waals surface area contributed by atoms with Crippen molar-refractivity contribution in [1.29, 1.82) is 0 Å². The van der Waals surface area contributed by atoms with E-state index >= 15 is 0 Å². The number of carboxylic acid groups (broad SMARTS) is 1. The van der Waals surface area contributed by atoms with Gasteiger partial charge in [-0.3, -0.25) is 4.79 Å². The number of carbonyl (C=O) groups is 2. The summed E-state index contributed by atoms with van der Waals surface area (Å²) in [5.74, 6) is -1.11. The van der Waals surface area contributed by atoms with Crippen LogP contribution in [0, 0.1) is 0 Å². The third-order valence-corrected chi connectivity index (χ3v) is 2.49. The quantitative estimate of drug-likeness (QED) is 0.552. The van der Waals surface area contributed by atoms with E-state index in [1.807, 2.05) is 0 Å². The van der Waals surface area contributed by atoms with Gasteiger partial charge in [0.1, 0.15) is 5.69 Å². The Morgan fingerprint density at radius 1 is 1.35 bits per heavy atom. The number of methoxy groups -OCH3 is 1. The van der Waals surface area contributed by atoms with E-state index in [-0.39, 0.29) is 11.6 Å². The standard InChI is InChI=1S/C13H19N3O4/c1-20-8-7-15-12(17)5-6-14-9-10-3-2-4-11(16-10)13(18)19/h2-4,14H,5-9H2,1H3,(H,15,17)(H,18,19). The number of rotatable bonds is 9. The second-order valence-electron chi connectivity index (χ2n) is 4.09. The highest BCUT2D eigenvalue weighted by Crippen LogP contribution is 1.99. The fourth-order valence-electron chi connectivity index (χ4n) is 1.50. The zero-order valence-corrected chi connectivity index (χ0v) is 11.4. The zero-order chi connectivity index (χ0) is 14.8. The lowest BCUT2D eigenvalue weighted by atomic mass is 10.3. The molecule has 3 N–H and O–H groups in total. The van der Waals surface area contributed by atoms with Crippen LogP contribution in [0.25, 0.3) is 0 Å². The molecule has 7 heteroatoms. The van der Waals surface area contributed by atoms with Crippen LogP contribution in [0.1, 0.15) is 22.6 Å². The molecule has 0 spiro atoms. The maximum Gasteiger partial charge on any atom is 0.354 e. The van der Waals surface area contributed by atoms with Gasteiger partial charge in [0.15, 0.2) is 0 Å². The number of aromatic nitrogens is 1. The van der Waals surface area contributed by atoms with Gasteiger partial charge in [-0.25, -0.2) is 9.78 Å². The fourth-order valence-corrected chi connectivity index (χ4v) is 1.50. The molecule has 0 aliphatic carbocycles. The molecule has 1 amide bonds. The molecule has 20 heavy (non-hydrogen) atoms. The van der Waals surface area contributed by atoms with E-state index in [0.717, 1.165) is 0 Å². The van der Waals surface area contributed by atoms with Gasteiger partial charge in [0, 0.05) is 33.2 Å². The van der Waals surface area contributed by atoms with E-state index in [4.69, 9.17) is 9.84 Å². The van der Waals surface area contributed by atoms with Gasteiger partial charge in [0.25, 0.3) is 0 Å². The van der Waals surface area contributed by atoms with Gasteiger partial charge in [-0.05, 0) is 12.1 Å². The monoisotopic (exact) mass is 281 g/mol. The lowest BCUT2D eigenvalue weighted by Gasteiger charge is -2.06. The number of carboxylic acids is 1. The number of nitrogens with one attached hydrogen (secondary N) is 2. The summed E-state index contributed by atoms with van der Waals surface area (Å²) in [6, 6.07) is 4.82. The predicted octanol–water partition coefficient (Wildman–Crippen LogP) is 0.0221. The highest BCUT2D eigenvalue weighted by atomic mass is 16.5. The molecule has 1 aromatic rings. The van der Waals surface area contributed by atoms with E-state index in [1.54, 1.807) is 19.2 Å². The number of ether oxygens (including phenoxy) is 1. The molecule has 0 aliphatic heterocycles. The van der Waals surface area contributed by atoms with E-state index in [1.165, 1.54) is 6.07 Å². The zero-order valence-electron chi connectivity index (χ0n) is 11.4. The average molecular weight is 281 g/mol. The van der Waals surface area contributed by atoms with Crippen LogP contribution in [0.3, 0.4) is 0 Å². The van der Waals surface area contributed by atoms with Crippen molar-refractivity contribution in [2.75, 3.05) is 26.8 Å². The van der Waals surface area contributed by atoms with Crippen molar-refractivity contribution < 1.29 is 19.4 Å². The lowest BCUT2D eigenvalue weighted by Crippen LogP contribution is -2.30. The molecule has 1 heterocycles. The first-order chi connectivity index (χ1) is 9.63. The Labute approximate surface area is 117 Å². The molecule has 0 atom stereocenters. The Bertz CT molecular complexity index is 451. The first-order valence-electron chi connectivity index (χ1n) is 6.29. The molecule has 1 rings (SSSR count). The summed E-state index contributed by atoms with van der Waals surface area (Å²) in [5, 5.41) is 14.6. The van der Waals surface area contributed by atoms with Crippen LogP contribution < -0.4 is 10.6 Å². The summed E-state index contributed by atoms with van der Waals surface area (Å²) in [5.41, 5.74) is 0.645. The van der Waals surface area contributed by atoms with Gasteiger partial charge in [-0.1, -0.05) is 6.07 Å². The predicted molar refractivity (Wildman–Crippen MR) is 72.4 cm³/mol. The molecule has 0 unspecified atom stereocenters. The number of carbonyl (C=O) groups excluding carboxylic acids is 1. The number of hydrogen-bond donors (Lipinski definition) is 3. The first-order valence-corrected chi connectivity index (χ1v) is 6.29. The summed E-state index contributed by atoms with van der Waals surface area (Å²) < 4.78 is 4.82. The summed E-state index contributed by atoms with van der Waals surface area (Å²) >= 11 is 0. The van der Waals surface area contributed by atoms with Crippen molar-refractivity contribution in [3.63, 3.8) is 0 Å². The minimum Gasteiger partial charge on any atom is -0.477 e. The Morgan fingerprint density at radius 3 is 2.85 bits per heavy atom. The fraction of sp³-hybridized carbons (Fsp3) is 0.462. The van der Waals surface area contributed by atoms with Crippen LogP contribution in [-0.2, 0) is 16.1 Å². The molecule has 0 fully saturated rings. The van der Waals surface area contributed by atoms with E-state index in [9.17, 15) is 9.59 Å². The van der Waals surface area contributed by atoms with E-state index in [2.05, 4.69) is 15.6 Å². The minimum absolute atomic E-state index is 0.0154. The van der Waals surface area contributed by atoms with Crippen LogP contribution in [0.2, 0.25) is 0 Å². The molecule has 1 aromatic heterocycles. The normalized spacial score (nSPS) is 10.2. The highest BCUT2D eigenvalue weighted by molar-refractivity contribution is 5.85. The summed E-state index contributed by atoms with van der Waals surface area (Å²) in [4.78, 5) is 26.1. The van der Waals surface area contributed by atoms with E-state index in [0.29, 0.717) is 38.4 Å². The summed E-state index contributed by atoms with van der Waals surface area (Å²) in [6.45, 7) is 1.91. The topological polar surface area (TPSA) is 101 Å². The van der Waals surface area contributed by atoms with Crippen LogP contribution in [0.15, 0.2) is 18.2 Å². The molecule has 7 nitrogen and oxygen atoms in total. The highest BCUT2D eigenvalue weighted by Gasteiger charge is 2.05. The van der Waals surface area contributed by atoms with Gasteiger partial charge < -0.3 is 20.5 Å². The largest absolute Gasteiger partial charge is 0.477 e. The second-order valence-corrected chi connectivity index (χ2v) is 4.09. The maximum atomic E-state index is 11.4. The lowest BCUT2D eigenvalue weighted by molar-refractivity contribution is -0.121. The number of aromatic carboxylic acids is 1. The van der Waals surface area contributed by atoms with Gasteiger partial charge in [-0.2, -0.15) is 0 Å². The Morgan fingerprint density at radius 2 is 2.15 bits per heavy atom. The van der Waals surface area contributed by atoms with Crippen molar-refractivity contribution in [3.8, 4) is 0 Å². The second kappa shape index (κ2) is 9.00. The molecule has 0 aliphatic rings. The molecule has 0 saturated carbocycles.